The lowest BCUT2D eigenvalue weighted by Crippen LogP contribution is -2.41. The zero-order valence-corrected chi connectivity index (χ0v) is 30.8. The molecule has 8 heteroatoms. The second kappa shape index (κ2) is 20.6. The van der Waals surface area contributed by atoms with E-state index < -0.39 is 11.8 Å². The molecule has 0 aliphatic carbocycles. The Morgan fingerprint density at radius 2 is 0.827 bits per heavy atom. The largest absolute Gasteiger partial charge is 0.466 e. The Morgan fingerprint density at radius 3 is 1.15 bits per heavy atom. The number of nitrogens with one attached hydrogen (secondary N) is 2. The Hall–Kier alpha value is -5.24. The van der Waals surface area contributed by atoms with Gasteiger partial charge in [-0.05, 0) is 72.9 Å². The van der Waals surface area contributed by atoms with Gasteiger partial charge in [-0.25, -0.2) is 0 Å². The van der Waals surface area contributed by atoms with Crippen molar-refractivity contribution in [2.45, 2.75) is 78.3 Å². The number of benzene rings is 4. The second-order valence-electron chi connectivity index (χ2n) is 13.3. The van der Waals surface area contributed by atoms with Gasteiger partial charge in [-0.1, -0.05) is 123 Å². The maximum absolute atomic E-state index is 13.3. The molecule has 0 bridgehead atoms. The highest BCUT2D eigenvalue weighted by Gasteiger charge is 2.24. The predicted molar refractivity (Wildman–Crippen MR) is 205 cm³/mol. The first-order valence-corrected chi connectivity index (χ1v) is 18.4. The number of hydrogen-bond donors (Lipinski definition) is 2. The minimum absolute atomic E-state index is 0.0189. The van der Waals surface area contributed by atoms with Crippen LogP contribution in [0.3, 0.4) is 0 Å². The molecule has 2 N–H and O–H groups in total. The molecule has 0 radical (unpaired) electrons. The summed E-state index contributed by atoms with van der Waals surface area (Å²) in [4.78, 5) is 51.5. The molecule has 0 aromatic heterocycles. The second-order valence-corrected chi connectivity index (χ2v) is 13.3. The molecule has 0 aliphatic rings. The highest BCUT2D eigenvalue weighted by atomic mass is 16.5. The standard InChI is InChI=1S/C44H52N2O6/c1-5-51-43(49)31(3)27-39(29-33-17-21-37(22-18-33)35-13-9-7-10-14-35)45-41(47)25-26-42(48)46-40(28-32(4)44(50)52-6-2)30-34-19-23-38(24-20-34)36-15-11-8-12-16-36/h7-24,31-32,39-40H,5-6,25-30H2,1-4H3,(H,45,47)(H,46,48)/t31-,32-,39+,40+/m1/s1. The average Bonchev–Trinajstić information content (AvgIpc) is 3.15. The van der Waals surface area contributed by atoms with Crippen LogP contribution in [0.2, 0.25) is 0 Å². The Kier molecular flexibility index (Phi) is 15.6. The molecule has 8 nitrogen and oxygen atoms in total. The van der Waals surface area contributed by atoms with Crippen molar-refractivity contribution in [2.75, 3.05) is 13.2 Å². The van der Waals surface area contributed by atoms with Gasteiger partial charge in [0, 0.05) is 24.9 Å². The molecule has 0 unspecified atom stereocenters. The number of carbonyl (C=O) groups excluding carboxylic acids is 4. The summed E-state index contributed by atoms with van der Waals surface area (Å²) in [5.41, 5.74) is 6.46. The Morgan fingerprint density at radius 1 is 0.500 bits per heavy atom. The molecule has 274 valence electrons. The Labute approximate surface area is 308 Å². The molecule has 0 saturated heterocycles. The van der Waals surface area contributed by atoms with E-state index in [0.29, 0.717) is 25.7 Å². The number of amides is 2. The molecule has 4 atom stereocenters. The van der Waals surface area contributed by atoms with Gasteiger partial charge in [-0.15, -0.1) is 0 Å². The summed E-state index contributed by atoms with van der Waals surface area (Å²) in [6.07, 6.45) is 1.80. The van der Waals surface area contributed by atoms with Gasteiger partial charge in [-0.3, -0.25) is 19.2 Å². The molecule has 0 aliphatic heterocycles. The van der Waals surface area contributed by atoms with E-state index in [1.54, 1.807) is 27.7 Å². The average molecular weight is 705 g/mol. The number of esters is 2. The van der Waals surface area contributed by atoms with Crippen LogP contribution in [0.1, 0.15) is 64.5 Å². The molecule has 2 amide bonds. The topological polar surface area (TPSA) is 111 Å². The van der Waals surface area contributed by atoms with Crippen LogP contribution < -0.4 is 10.6 Å². The first kappa shape index (κ1) is 39.5. The van der Waals surface area contributed by atoms with E-state index in [9.17, 15) is 19.2 Å². The summed E-state index contributed by atoms with van der Waals surface area (Å²) < 4.78 is 10.5. The van der Waals surface area contributed by atoms with Crippen molar-refractivity contribution in [3.8, 4) is 22.3 Å². The van der Waals surface area contributed by atoms with Crippen LogP contribution in [-0.4, -0.2) is 49.1 Å². The molecule has 0 fully saturated rings. The Bertz CT molecular complexity index is 1580. The van der Waals surface area contributed by atoms with Crippen LogP contribution in [0, 0.1) is 11.8 Å². The van der Waals surface area contributed by atoms with Crippen LogP contribution >= 0.6 is 0 Å². The first-order chi connectivity index (χ1) is 25.1. The third-order valence-electron chi connectivity index (χ3n) is 9.05. The molecule has 4 rings (SSSR count). The lowest BCUT2D eigenvalue weighted by molar-refractivity contribution is -0.148. The van der Waals surface area contributed by atoms with Crippen molar-refractivity contribution in [3.05, 3.63) is 120 Å². The lowest BCUT2D eigenvalue weighted by atomic mass is 9.94. The maximum Gasteiger partial charge on any atom is 0.308 e. The summed E-state index contributed by atoms with van der Waals surface area (Å²) >= 11 is 0. The van der Waals surface area contributed by atoms with E-state index in [4.69, 9.17) is 9.47 Å². The third-order valence-corrected chi connectivity index (χ3v) is 9.05. The van der Waals surface area contributed by atoms with Crippen LogP contribution in [0.15, 0.2) is 109 Å². The fourth-order valence-corrected chi connectivity index (χ4v) is 6.33. The molecule has 0 spiro atoms. The summed E-state index contributed by atoms with van der Waals surface area (Å²) in [6.45, 7) is 7.72. The van der Waals surface area contributed by atoms with Crippen molar-refractivity contribution in [2.24, 2.45) is 11.8 Å². The number of carbonyl (C=O) groups is 4. The highest BCUT2D eigenvalue weighted by Crippen LogP contribution is 2.23. The van der Waals surface area contributed by atoms with Gasteiger partial charge in [-0.2, -0.15) is 0 Å². The van der Waals surface area contributed by atoms with Gasteiger partial charge < -0.3 is 20.1 Å². The molecular formula is C44H52N2O6. The van der Waals surface area contributed by atoms with E-state index in [1.807, 2.05) is 60.7 Å². The van der Waals surface area contributed by atoms with Crippen molar-refractivity contribution in [1.82, 2.24) is 10.6 Å². The van der Waals surface area contributed by atoms with Gasteiger partial charge in [0.1, 0.15) is 0 Å². The quantitative estimate of drug-likeness (QED) is 0.0967. The van der Waals surface area contributed by atoms with Gasteiger partial charge in [0.15, 0.2) is 0 Å². The normalized spacial score (nSPS) is 13.2. The molecule has 52 heavy (non-hydrogen) atoms. The maximum atomic E-state index is 13.3. The van der Waals surface area contributed by atoms with Crippen LogP contribution in [0.5, 0.6) is 0 Å². The Balaban J connectivity index is 1.38. The van der Waals surface area contributed by atoms with Crippen LogP contribution in [0.4, 0.5) is 0 Å². The van der Waals surface area contributed by atoms with Crippen molar-refractivity contribution in [3.63, 3.8) is 0 Å². The summed E-state index contributed by atoms with van der Waals surface area (Å²) in [5.74, 6) is -1.99. The van der Waals surface area contributed by atoms with Gasteiger partial charge in [0.25, 0.3) is 0 Å². The molecule has 0 heterocycles. The molecule has 0 saturated carbocycles. The monoisotopic (exact) mass is 704 g/mol. The van der Waals surface area contributed by atoms with Crippen LogP contribution in [0.25, 0.3) is 22.3 Å². The number of hydrogen-bond acceptors (Lipinski definition) is 6. The fourth-order valence-electron chi connectivity index (χ4n) is 6.33. The SMILES string of the molecule is CCOC(=O)[C@H](C)C[C@@H](Cc1ccc(-c2ccccc2)cc1)NC(=O)CCC(=O)N[C@H](Cc1ccc(-c2ccccc2)cc1)C[C@@H](C)C(=O)OCC. The van der Waals surface area contributed by atoms with Crippen molar-refractivity contribution >= 4 is 23.8 Å². The summed E-state index contributed by atoms with van der Waals surface area (Å²) in [7, 11) is 0. The van der Waals surface area contributed by atoms with Crippen molar-refractivity contribution < 1.29 is 28.7 Å². The van der Waals surface area contributed by atoms with Gasteiger partial charge in [0.05, 0.1) is 25.0 Å². The summed E-state index contributed by atoms with van der Waals surface area (Å²) in [5, 5.41) is 6.16. The molecular weight excluding hydrogens is 652 g/mol. The molecule has 4 aromatic carbocycles. The van der Waals surface area contributed by atoms with E-state index in [2.05, 4.69) is 59.2 Å². The molecule has 4 aromatic rings. The summed E-state index contributed by atoms with van der Waals surface area (Å²) in [6, 6.07) is 35.9. The lowest BCUT2D eigenvalue weighted by Gasteiger charge is -2.23. The van der Waals surface area contributed by atoms with Gasteiger partial charge >= 0.3 is 11.9 Å². The van der Waals surface area contributed by atoms with E-state index >= 15 is 0 Å². The van der Waals surface area contributed by atoms with Crippen molar-refractivity contribution in [1.29, 1.82) is 0 Å². The van der Waals surface area contributed by atoms with E-state index in [1.165, 1.54) is 0 Å². The predicted octanol–water partition coefficient (Wildman–Crippen LogP) is 7.73. The van der Waals surface area contributed by atoms with Crippen LogP contribution in [-0.2, 0) is 41.5 Å². The highest BCUT2D eigenvalue weighted by molar-refractivity contribution is 5.84. The zero-order chi connectivity index (χ0) is 37.3. The zero-order valence-electron chi connectivity index (χ0n) is 30.8. The van der Waals surface area contributed by atoms with Gasteiger partial charge in [0.2, 0.25) is 11.8 Å². The minimum atomic E-state index is -0.416. The number of rotatable bonds is 19. The van der Waals surface area contributed by atoms with E-state index in [-0.39, 0.29) is 61.9 Å². The smallest absolute Gasteiger partial charge is 0.308 e. The minimum Gasteiger partial charge on any atom is -0.466 e. The third kappa shape index (κ3) is 12.8. The van der Waals surface area contributed by atoms with E-state index in [0.717, 1.165) is 33.4 Å². The fraction of sp³-hybridized carbons (Fsp3) is 0.364. The number of ether oxygens (including phenoxy) is 2. The first-order valence-electron chi connectivity index (χ1n) is 18.4.